The summed E-state index contributed by atoms with van der Waals surface area (Å²) in [5, 5.41) is 11.3. The molecule has 0 saturated carbocycles. The molecule has 0 aromatic heterocycles. The van der Waals surface area contributed by atoms with Crippen LogP contribution in [0.15, 0.2) is 30.3 Å². The van der Waals surface area contributed by atoms with Gasteiger partial charge in [-0.15, -0.1) is 0 Å². The van der Waals surface area contributed by atoms with Crippen molar-refractivity contribution in [1.82, 2.24) is 5.32 Å². The molecule has 0 fully saturated rings. The number of carboxylic acid groups (broad SMARTS) is 1. The van der Waals surface area contributed by atoms with Crippen LogP contribution in [0.25, 0.3) is 6.08 Å². The largest absolute Gasteiger partial charge is 0.481 e. The number of nitrogens with one attached hydrogen (secondary N) is 1. The SMILES string of the molecule is CCc1ccc(C=CC(=O)NC(C)CCC(=O)O)cc1. The molecule has 0 radical (unpaired) electrons. The molecule has 20 heavy (non-hydrogen) atoms. The molecule has 0 aliphatic rings. The number of amides is 1. The number of hydrogen-bond acceptors (Lipinski definition) is 2. The number of aryl methyl sites for hydroxylation is 1. The Morgan fingerprint density at radius 1 is 1.30 bits per heavy atom. The number of benzene rings is 1. The highest BCUT2D eigenvalue weighted by molar-refractivity contribution is 5.91. The van der Waals surface area contributed by atoms with Gasteiger partial charge in [-0.2, -0.15) is 0 Å². The van der Waals surface area contributed by atoms with Crippen LogP contribution in [0.1, 0.15) is 37.8 Å². The van der Waals surface area contributed by atoms with Crippen molar-refractivity contribution in [1.29, 1.82) is 0 Å². The maximum absolute atomic E-state index is 11.6. The van der Waals surface area contributed by atoms with Crippen LogP contribution in [0, 0.1) is 0 Å². The Kier molecular flexibility index (Phi) is 6.50. The van der Waals surface area contributed by atoms with Crippen molar-refractivity contribution >= 4 is 18.0 Å². The van der Waals surface area contributed by atoms with Gasteiger partial charge in [0.1, 0.15) is 0 Å². The Bertz CT molecular complexity index is 477. The van der Waals surface area contributed by atoms with Crippen LogP contribution in [-0.2, 0) is 16.0 Å². The van der Waals surface area contributed by atoms with Gasteiger partial charge in [0.2, 0.25) is 5.91 Å². The van der Waals surface area contributed by atoms with Gasteiger partial charge in [-0.25, -0.2) is 0 Å². The molecule has 4 heteroatoms. The highest BCUT2D eigenvalue weighted by Gasteiger charge is 2.06. The number of carboxylic acids is 1. The lowest BCUT2D eigenvalue weighted by atomic mass is 10.1. The van der Waals surface area contributed by atoms with E-state index < -0.39 is 5.97 Å². The molecule has 1 atom stereocenters. The van der Waals surface area contributed by atoms with Crippen LogP contribution in [0.5, 0.6) is 0 Å². The quantitative estimate of drug-likeness (QED) is 0.752. The zero-order chi connectivity index (χ0) is 15.0. The molecule has 1 rings (SSSR count). The molecule has 0 aliphatic heterocycles. The van der Waals surface area contributed by atoms with Gasteiger partial charge in [-0.1, -0.05) is 31.2 Å². The second-order valence-corrected chi connectivity index (χ2v) is 4.77. The molecule has 0 heterocycles. The molecule has 0 aliphatic carbocycles. The van der Waals surface area contributed by atoms with Crippen LogP contribution in [0.4, 0.5) is 0 Å². The molecule has 0 saturated heterocycles. The van der Waals surface area contributed by atoms with Gasteiger partial charge in [0.05, 0.1) is 0 Å². The Morgan fingerprint density at radius 3 is 2.50 bits per heavy atom. The lowest BCUT2D eigenvalue weighted by Gasteiger charge is -2.10. The van der Waals surface area contributed by atoms with E-state index >= 15 is 0 Å². The molecule has 1 amide bonds. The number of rotatable bonds is 7. The third kappa shape index (κ3) is 6.18. The van der Waals surface area contributed by atoms with E-state index in [0.717, 1.165) is 12.0 Å². The minimum Gasteiger partial charge on any atom is -0.481 e. The van der Waals surface area contributed by atoms with Crippen LogP contribution in [0.3, 0.4) is 0 Å². The summed E-state index contributed by atoms with van der Waals surface area (Å²) < 4.78 is 0. The van der Waals surface area contributed by atoms with Crippen molar-refractivity contribution in [3.8, 4) is 0 Å². The number of carbonyl (C=O) groups is 2. The summed E-state index contributed by atoms with van der Waals surface area (Å²) in [7, 11) is 0. The molecule has 2 N–H and O–H groups in total. The average molecular weight is 275 g/mol. The maximum Gasteiger partial charge on any atom is 0.303 e. The predicted molar refractivity (Wildman–Crippen MR) is 79.3 cm³/mol. The summed E-state index contributed by atoms with van der Waals surface area (Å²) in [6, 6.07) is 7.86. The van der Waals surface area contributed by atoms with Crippen LogP contribution < -0.4 is 5.32 Å². The van der Waals surface area contributed by atoms with Gasteiger partial charge < -0.3 is 10.4 Å². The fourth-order valence-electron chi connectivity index (χ4n) is 1.74. The summed E-state index contributed by atoms with van der Waals surface area (Å²) in [4.78, 5) is 22.1. The van der Waals surface area contributed by atoms with E-state index in [1.54, 1.807) is 13.0 Å². The van der Waals surface area contributed by atoms with Gasteiger partial charge in [0, 0.05) is 18.5 Å². The van der Waals surface area contributed by atoms with Crippen molar-refractivity contribution in [2.45, 2.75) is 39.2 Å². The Balaban J connectivity index is 2.44. The molecule has 1 unspecified atom stereocenters. The third-order valence-corrected chi connectivity index (χ3v) is 2.99. The van der Waals surface area contributed by atoms with Crippen molar-refractivity contribution in [2.24, 2.45) is 0 Å². The first-order chi connectivity index (χ1) is 9.51. The number of aliphatic carboxylic acids is 1. The van der Waals surface area contributed by atoms with E-state index in [4.69, 9.17) is 5.11 Å². The Labute approximate surface area is 119 Å². The Hall–Kier alpha value is -2.10. The average Bonchev–Trinajstić information content (AvgIpc) is 2.43. The minimum atomic E-state index is -0.849. The first-order valence-corrected chi connectivity index (χ1v) is 6.80. The van der Waals surface area contributed by atoms with Crippen LogP contribution in [-0.4, -0.2) is 23.0 Å². The monoisotopic (exact) mass is 275 g/mol. The second-order valence-electron chi connectivity index (χ2n) is 4.77. The zero-order valence-electron chi connectivity index (χ0n) is 11.9. The fourth-order valence-corrected chi connectivity index (χ4v) is 1.74. The number of carbonyl (C=O) groups excluding carboxylic acids is 1. The van der Waals surface area contributed by atoms with Gasteiger partial charge in [-0.3, -0.25) is 9.59 Å². The normalized spacial score (nSPS) is 12.3. The highest BCUT2D eigenvalue weighted by Crippen LogP contribution is 2.06. The zero-order valence-corrected chi connectivity index (χ0v) is 11.9. The summed E-state index contributed by atoms with van der Waals surface area (Å²) in [6.07, 6.45) is 4.70. The first kappa shape index (κ1) is 16.0. The molecule has 0 bridgehead atoms. The van der Waals surface area contributed by atoms with Crippen LogP contribution in [0.2, 0.25) is 0 Å². The van der Waals surface area contributed by atoms with E-state index in [2.05, 4.69) is 12.2 Å². The molecular formula is C16H21NO3. The van der Waals surface area contributed by atoms with Gasteiger partial charge in [-0.05, 0) is 37.0 Å². The lowest BCUT2D eigenvalue weighted by Crippen LogP contribution is -2.31. The van der Waals surface area contributed by atoms with Crippen molar-refractivity contribution < 1.29 is 14.7 Å². The minimum absolute atomic E-state index is 0.0592. The van der Waals surface area contributed by atoms with E-state index in [9.17, 15) is 9.59 Å². The van der Waals surface area contributed by atoms with E-state index in [0.29, 0.717) is 6.42 Å². The predicted octanol–water partition coefficient (Wildman–Crippen LogP) is 2.63. The molecule has 1 aromatic rings. The molecule has 108 valence electrons. The van der Waals surface area contributed by atoms with E-state index in [1.165, 1.54) is 11.6 Å². The summed E-state index contributed by atoms with van der Waals surface area (Å²) in [6.45, 7) is 3.89. The highest BCUT2D eigenvalue weighted by atomic mass is 16.4. The third-order valence-electron chi connectivity index (χ3n) is 2.99. The van der Waals surface area contributed by atoms with Crippen molar-refractivity contribution in [3.63, 3.8) is 0 Å². The van der Waals surface area contributed by atoms with E-state index in [-0.39, 0.29) is 18.4 Å². The van der Waals surface area contributed by atoms with Gasteiger partial charge in [0.15, 0.2) is 0 Å². The van der Waals surface area contributed by atoms with Gasteiger partial charge in [0.25, 0.3) is 0 Å². The smallest absolute Gasteiger partial charge is 0.303 e. The number of hydrogen-bond donors (Lipinski definition) is 2. The summed E-state index contributed by atoms with van der Waals surface area (Å²) in [5.74, 6) is -1.06. The first-order valence-electron chi connectivity index (χ1n) is 6.80. The summed E-state index contributed by atoms with van der Waals surface area (Å²) in [5.41, 5.74) is 2.23. The lowest BCUT2D eigenvalue weighted by molar-refractivity contribution is -0.137. The van der Waals surface area contributed by atoms with Gasteiger partial charge >= 0.3 is 5.97 Å². The standard InChI is InChI=1S/C16H21NO3/c1-3-13-5-7-14(8-6-13)9-10-15(18)17-12(2)4-11-16(19)20/h5-10,12H,3-4,11H2,1-2H3,(H,17,18)(H,19,20). The Morgan fingerprint density at radius 2 is 1.95 bits per heavy atom. The molecule has 1 aromatic carbocycles. The topological polar surface area (TPSA) is 66.4 Å². The van der Waals surface area contributed by atoms with Crippen LogP contribution >= 0.6 is 0 Å². The molecular weight excluding hydrogens is 254 g/mol. The molecule has 0 spiro atoms. The fraction of sp³-hybridized carbons (Fsp3) is 0.375. The van der Waals surface area contributed by atoms with Crippen molar-refractivity contribution in [2.75, 3.05) is 0 Å². The maximum atomic E-state index is 11.6. The second kappa shape index (κ2) is 8.15. The molecule has 4 nitrogen and oxygen atoms in total. The van der Waals surface area contributed by atoms with Crippen molar-refractivity contribution in [3.05, 3.63) is 41.5 Å². The van der Waals surface area contributed by atoms with E-state index in [1.807, 2.05) is 24.3 Å². The summed E-state index contributed by atoms with van der Waals surface area (Å²) >= 11 is 0.